The molecule has 1 aliphatic rings. The third kappa shape index (κ3) is 20.3. The average molecular weight is 732 g/mol. The molecule has 4 N–H and O–H groups in total. The van der Waals surface area contributed by atoms with Gasteiger partial charge in [-0.2, -0.15) is 0 Å². The van der Waals surface area contributed by atoms with Gasteiger partial charge in [-0.3, -0.25) is 10.6 Å². The second-order valence-corrected chi connectivity index (χ2v) is 15.5. The maximum Gasteiger partial charge on any atom is 0.437 e. The van der Waals surface area contributed by atoms with Gasteiger partial charge in [0.05, 0.1) is 6.61 Å². The molecule has 15 nitrogen and oxygen atoms in total. The lowest BCUT2D eigenvalue weighted by atomic mass is 10.1. The lowest BCUT2D eigenvalue weighted by Crippen LogP contribution is -2.48. The van der Waals surface area contributed by atoms with E-state index in [9.17, 15) is 19.2 Å². The predicted molar refractivity (Wildman–Crippen MR) is 201 cm³/mol. The van der Waals surface area contributed by atoms with Crippen LogP contribution in [0.2, 0.25) is 0 Å². The number of para-hydroxylation sites is 1. The van der Waals surface area contributed by atoms with Crippen LogP contribution in [0.5, 0.6) is 5.75 Å². The summed E-state index contributed by atoms with van der Waals surface area (Å²) < 4.78 is 21.9. The first-order valence-electron chi connectivity index (χ1n) is 18.2. The summed E-state index contributed by atoms with van der Waals surface area (Å²) in [5, 5.41) is 11.4. The minimum atomic E-state index is -0.825. The Morgan fingerprint density at radius 2 is 1.44 bits per heavy atom. The van der Waals surface area contributed by atoms with E-state index in [0.29, 0.717) is 26.2 Å². The average Bonchev–Trinajstić information content (AvgIpc) is 2.99. The second-order valence-electron chi connectivity index (χ2n) is 15.5. The van der Waals surface area contributed by atoms with E-state index in [2.05, 4.69) is 31.3 Å². The molecule has 1 aliphatic heterocycles. The number of rotatable bonds is 9. The maximum atomic E-state index is 13.4. The van der Waals surface area contributed by atoms with E-state index in [0.717, 1.165) is 62.7 Å². The highest BCUT2D eigenvalue weighted by molar-refractivity contribution is 6.00. The van der Waals surface area contributed by atoms with Crippen LogP contribution in [0.4, 0.5) is 19.2 Å². The Bertz CT molecular complexity index is 1380. The monoisotopic (exact) mass is 731 g/mol. The van der Waals surface area contributed by atoms with Gasteiger partial charge in [0, 0.05) is 31.7 Å². The minimum absolute atomic E-state index is 0.00695. The highest BCUT2D eigenvalue weighted by Gasteiger charge is 2.22. The summed E-state index contributed by atoms with van der Waals surface area (Å²) in [5.74, 6) is 0.707. The van der Waals surface area contributed by atoms with Gasteiger partial charge in [-0.25, -0.2) is 19.2 Å². The maximum absolute atomic E-state index is 13.4. The largest absolute Gasteiger partial charge is 0.493 e. The summed E-state index contributed by atoms with van der Waals surface area (Å²) in [7, 11) is 0. The van der Waals surface area contributed by atoms with Crippen LogP contribution in [0.1, 0.15) is 119 Å². The molecule has 0 unspecified atom stereocenters. The number of hydrogen-bond acceptors (Lipinski definition) is 8. The van der Waals surface area contributed by atoms with Crippen molar-refractivity contribution in [3.8, 4) is 5.75 Å². The molecule has 0 aliphatic carbocycles. The van der Waals surface area contributed by atoms with E-state index >= 15 is 0 Å². The Labute approximate surface area is 309 Å². The zero-order chi connectivity index (χ0) is 38.8. The summed E-state index contributed by atoms with van der Waals surface area (Å²) in [4.78, 5) is 60.2. The normalized spacial score (nSPS) is 15.7. The van der Waals surface area contributed by atoms with Crippen molar-refractivity contribution in [2.24, 2.45) is 9.98 Å². The molecular weight excluding hydrogens is 670 g/mol. The van der Waals surface area contributed by atoms with E-state index < -0.39 is 35.1 Å². The Morgan fingerprint density at radius 1 is 0.827 bits per heavy atom. The first-order valence-corrected chi connectivity index (χ1v) is 18.2. The van der Waals surface area contributed by atoms with E-state index in [-0.39, 0.29) is 24.5 Å². The van der Waals surface area contributed by atoms with Crippen LogP contribution in [0.15, 0.2) is 34.3 Å². The van der Waals surface area contributed by atoms with E-state index in [1.54, 1.807) is 67.2 Å². The number of carbonyl (C=O) groups excluding carboxylic acids is 4. The molecule has 15 heteroatoms. The number of hydrogen-bond donors (Lipinski definition) is 4. The molecule has 52 heavy (non-hydrogen) atoms. The fourth-order valence-corrected chi connectivity index (χ4v) is 4.77. The van der Waals surface area contributed by atoms with E-state index in [1.165, 1.54) is 0 Å². The number of aliphatic imine (C=N–C) groups is 2. The van der Waals surface area contributed by atoms with Gasteiger partial charge in [-0.1, -0.05) is 43.9 Å². The predicted octanol–water partition coefficient (Wildman–Crippen LogP) is 7.00. The minimum Gasteiger partial charge on any atom is -0.493 e. The molecular formula is C37H61N7O8. The van der Waals surface area contributed by atoms with Crippen LogP contribution in [0, 0.1) is 0 Å². The molecule has 1 aromatic carbocycles. The van der Waals surface area contributed by atoms with Crippen molar-refractivity contribution in [3.05, 3.63) is 29.8 Å². The number of unbranched alkanes of at least 4 members (excludes halogenated alkanes) is 5. The number of alkyl carbamates (subject to hydrolysis) is 1. The standard InChI is InChI=1S/C37H61N7O8/c1-35(2,3)50-32(46)41-29(42-33(47)51-36(4,5)6)38-22-16-12-10-11-13-17-23-44-24-18-19-25-49-28-21-15-14-20-27(28)26-39-30(40-31(44)45)43-34(48)52-37(7,8)9/h14-15,20-21H,10-13,16-19,22-26H2,1-9H3,(H2,38,41,42,46,47)(H2,39,40,43,45,48). The number of amides is 5. The third-order valence-corrected chi connectivity index (χ3v) is 6.97. The number of ether oxygens (including phenoxy) is 4. The van der Waals surface area contributed by atoms with Crippen molar-refractivity contribution in [2.75, 3.05) is 26.2 Å². The molecule has 0 saturated heterocycles. The van der Waals surface area contributed by atoms with Crippen LogP contribution < -0.4 is 26.0 Å². The van der Waals surface area contributed by atoms with Crippen LogP contribution in [-0.2, 0) is 20.8 Å². The van der Waals surface area contributed by atoms with Crippen LogP contribution in [0.3, 0.4) is 0 Å². The Balaban J connectivity index is 1.89. The molecule has 0 radical (unpaired) electrons. The van der Waals surface area contributed by atoms with Crippen LogP contribution >= 0.6 is 0 Å². The molecule has 0 aromatic heterocycles. The zero-order valence-electron chi connectivity index (χ0n) is 32.6. The summed E-state index contributed by atoms with van der Waals surface area (Å²) in [6.45, 7) is 18.0. The van der Waals surface area contributed by atoms with E-state index in [4.69, 9.17) is 18.9 Å². The van der Waals surface area contributed by atoms with Gasteiger partial charge < -0.3 is 34.5 Å². The molecule has 0 spiro atoms. The number of carbonyl (C=O) groups is 4. The van der Waals surface area contributed by atoms with E-state index in [1.807, 2.05) is 24.3 Å². The van der Waals surface area contributed by atoms with Gasteiger partial charge in [0.2, 0.25) is 11.9 Å². The third-order valence-electron chi connectivity index (χ3n) is 6.97. The highest BCUT2D eigenvalue weighted by atomic mass is 16.6. The summed E-state index contributed by atoms with van der Waals surface area (Å²) in [6, 6.07) is 7.26. The number of nitrogens with zero attached hydrogens (tertiary/aromatic N) is 3. The fraction of sp³-hybridized carbons (Fsp3) is 0.676. The second kappa shape index (κ2) is 21.1. The van der Waals surface area contributed by atoms with Gasteiger partial charge in [-0.05, 0) is 94.1 Å². The number of nitrogens with one attached hydrogen (secondary N) is 4. The van der Waals surface area contributed by atoms with Crippen molar-refractivity contribution in [3.63, 3.8) is 0 Å². The van der Waals surface area contributed by atoms with Gasteiger partial charge in [-0.15, -0.1) is 9.98 Å². The van der Waals surface area contributed by atoms with Crippen molar-refractivity contribution in [1.29, 1.82) is 0 Å². The number of guanidine groups is 2. The molecule has 2 rings (SSSR count). The molecule has 0 bridgehead atoms. The number of benzene rings is 1. The lowest BCUT2D eigenvalue weighted by molar-refractivity contribution is 0.0556. The molecule has 1 heterocycles. The number of urea groups is 1. The van der Waals surface area contributed by atoms with Crippen molar-refractivity contribution < 1.29 is 38.1 Å². The molecule has 292 valence electrons. The van der Waals surface area contributed by atoms with Gasteiger partial charge in [0.1, 0.15) is 22.6 Å². The first-order chi connectivity index (χ1) is 24.3. The Morgan fingerprint density at radius 3 is 2.12 bits per heavy atom. The Hall–Kier alpha value is -4.56. The highest BCUT2D eigenvalue weighted by Crippen LogP contribution is 2.19. The number of fused-ring (bicyclic) bond motifs is 1. The zero-order valence-corrected chi connectivity index (χ0v) is 32.6. The van der Waals surface area contributed by atoms with Crippen LogP contribution in [-0.4, -0.2) is 84.2 Å². The van der Waals surface area contributed by atoms with Crippen molar-refractivity contribution in [2.45, 2.75) is 137 Å². The molecule has 0 fully saturated rings. The smallest absolute Gasteiger partial charge is 0.437 e. The van der Waals surface area contributed by atoms with Gasteiger partial charge >= 0.3 is 24.3 Å². The summed E-state index contributed by atoms with van der Waals surface area (Å²) >= 11 is 0. The first kappa shape index (κ1) is 43.6. The summed E-state index contributed by atoms with van der Waals surface area (Å²) in [6.07, 6.45) is 4.47. The summed E-state index contributed by atoms with van der Waals surface area (Å²) in [5.41, 5.74) is -1.32. The lowest BCUT2D eigenvalue weighted by Gasteiger charge is -2.24. The quantitative estimate of drug-likeness (QED) is 0.0894. The van der Waals surface area contributed by atoms with Crippen LogP contribution in [0.25, 0.3) is 0 Å². The molecule has 1 aromatic rings. The molecule has 0 atom stereocenters. The van der Waals surface area contributed by atoms with Gasteiger partial charge in [0.25, 0.3) is 0 Å². The molecule has 5 amide bonds. The van der Waals surface area contributed by atoms with Crippen molar-refractivity contribution in [1.82, 2.24) is 26.2 Å². The SMILES string of the molecule is CC(C)(C)OC(=O)/N=C(/NCCCCCCCCN1CCCCOc2ccccc2CN/C(=N/C(=O)OC(C)(C)C)NC1=O)NC(=O)OC(C)(C)C. The Kier molecular flexibility index (Phi) is 17.7. The fourth-order valence-electron chi connectivity index (χ4n) is 4.77. The van der Waals surface area contributed by atoms with Gasteiger partial charge in [0.15, 0.2) is 0 Å². The molecule has 0 saturated carbocycles. The van der Waals surface area contributed by atoms with Crippen molar-refractivity contribution >= 4 is 36.2 Å². The topological polar surface area (TPSA) is 181 Å².